The van der Waals surface area contributed by atoms with Crippen molar-refractivity contribution in [1.29, 1.82) is 0 Å². The van der Waals surface area contributed by atoms with Crippen LogP contribution in [-0.4, -0.2) is 66.5 Å². The Bertz CT molecular complexity index is 1440. The minimum atomic E-state index is -4.76. The smallest absolute Gasteiger partial charge is 0.461 e. The molecule has 12 heteroatoms. The van der Waals surface area contributed by atoms with E-state index >= 15 is 0 Å². The Labute approximate surface area is 440 Å². The molecule has 0 aliphatic rings. The van der Waals surface area contributed by atoms with Crippen LogP contribution in [0.2, 0.25) is 0 Å². The molecular formula is C60H107O11P. The summed E-state index contributed by atoms with van der Waals surface area (Å²) < 4.78 is 39.4. The first kappa shape index (κ1) is 69.2. The van der Waals surface area contributed by atoms with Gasteiger partial charge in [-0.2, -0.15) is 0 Å². The highest BCUT2D eigenvalue weighted by Gasteiger charge is 2.28. The van der Waals surface area contributed by atoms with E-state index in [-0.39, 0.29) is 25.9 Å². The molecule has 0 saturated heterocycles. The van der Waals surface area contributed by atoms with Gasteiger partial charge < -0.3 is 24.2 Å². The molecule has 0 bridgehead atoms. The highest BCUT2D eigenvalue weighted by molar-refractivity contribution is 7.47. The minimum absolute atomic E-state index is 0.00344. The number of aliphatic hydroxyl groups is 1. The fourth-order valence-electron chi connectivity index (χ4n) is 8.08. The SMILES string of the molecule is CC/C=C\C/C=C\C/C=C\C/C=C\C/C=C\CC(=O)OCC(COP(=O)(O)OCC(CO)OC(=O)CCCCCCCCCCCCC)OC(=O)CCCCCCCCCCCCCCCCCCCCC. The van der Waals surface area contributed by atoms with E-state index in [0.29, 0.717) is 19.3 Å². The normalized spacial score (nSPS) is 13.8. The molecule has 0 heterocycles. The second kappa shape index (κ2) is 54.4. The number of hydrogen-bond acceptors (Lipinski definition) is 10. The fraction of sp³-hybridized carbons (Fsp3) is 0.783. The molecule has 0 aromatic rings. The lowest BCUT2D eigenvalue weighted by Gasteiger charge is -2.21. The molecule has 0 rings (SSSR count). The molecule has 0 aromatic carbocycles. The lowest BCUT2D eigenvalue weighted by Crippen LogP contribution is -2.30. The Balaban J connectivity index is 4.78. The lowest BCUT2D eigenvalue weighted by atomic mass is 10.0. The summed E-state index contributed by atoms with van der Waals surface area (Å²) in [5, 5.41) is 9.79. The van der Waals surface area contributed by atoms with Crippen LogP contribution >= 0.6 is 7.82 Å². The average Bonchev–Trinajstić information content (AvgIpc) is 3.37. The van der Waals surface area contributed by atoms with Gasteiger partial charge in [0.25, 0.3) is 0 Å². The molecule has 0 saturated carbocycles. The summed E-state index contributed by atoms with van der Waals surface area (Å²) in [4.78, 5) is 48.4. The zero-order valence-corrected chi connectivity index (χ0v) is 47.0. The number of phosphoric ester groups is 1. The van der Waals surface area contributed by atoms with Gasteiger partial charge in [-0.05, 0) is 44.9 Å². The highest BCUT2D eigenvalue weighted by atomic mass is 31.2. The Morgan fingerprint density at radius 1 is 0.403 bits per heavy atom. The van der Waals surface area contributed by atoms with Gasteiger partial charge in [-0.3, -0.25) is 23.4 Å². The Morgan fingerprint density at radius 3 is 1.06 bits per heavy atom. The minimum Gasteiger partial charge on any atom is -0.461 e. The van der Waals surface area contributed by atoms with Crippen molar-refractivity contribution >= 4 is 25.7 Å². The number of unbranched alkanes of at least 4 members (excludes halogenated alkanes) is 28. The molecule has 0 aromatic heterocycles. The third kappa shape index (κ3) is 52.1. The number of phosphoric acid groups is 1. The Morgan fingerprint density at radius 2 is 0.708 bits per heavy atom. The number of allylic oxidation sites excluding steroid dienone is 9. The van der Waals surface area contributed by atoms with Crippen LogP contribution in [0.25, 0.3) is 0 Å². The highest BCUT2D eigenvalue weighted by Crippen LogP contribution is 2.43. The standard InChI is InChI=1S/C60H107O11P/c1-4-7-10-13-16-19-22-24-26-27-28-29-31-33-36-39-42-45-48-51-60(64)71-57(53-67-58(62)49-46-43-40-37-35-32-30-25-23-20-17-14-11-8-5-2)55-69-72(65,66)68-54-56(52-61)70-59(63)50-47-44-41-38-34-21-18-15-12-9-6-3/h8,11,17,20,25,30,35,37,43,46,56-57,61H,4-7,9-10,12-16,18-19,21-24,26-29,31-34,36,38-42,44-45,47-55H2,1-3H3,(H,65,66)/b11-8-,20-17-,30-25-,37-35-,46-43-. The summed E-state index contributed by atoms with van der Waals surface area (Å²) in [5.74, 6) is -1.60. The van der Waals surface area contributed by atoms with Crippen molar-refractivity contribution in [1.82, 2.24) is 0 Å². The Kier molecular flexibility index (Phi) is 52.3. The number of rotatable bonds is 54. The van der Waals surface area contributed by atoms with Gasteiger partial charge in [0.2, 0.25) is 0 Å². The van der Waals surface area contributed by atoms with E-state index in [1.54, 1.807) is 6.08 Å². The third-order valence-corrected chi connectivity index (χ3v) is 13.4. The molecule has 3 unspecified atom stereocenters. The second-order valence-electron chi connectivity index (χ2n) is 19.5. The van der Waals surface area contributed by atoms with Crippen molar-refractivity contribution in [2.75, 3.05) is 26.4 Å². The van der Waals surface area contributed by atoms with Gasteiger partial charge in [0, 0.05) is 12.8 Å². The number of ether oxygens (including phenoxy) is 3. The van der Waals surface area contributed by atoms with E-state index in [0.717, 1.165) is 64.2 Å². The molecule has 0 aliphatic heterocycles. The topological polar surface area (TPSA) is 155 Å². The number of esters is 3. The molecule has 0 aliphatic carbocycles. The van der Waals surface area contributed by atoms with Crippen LogP contribution in [0, 0.1) is 0 Å². The van der Waals surface area contributed by atoms with Crippen molar-refractivity contribution in [2.24, 2.45) is 0 Å². The quantitative estimate of drug-likeness (QED) is 0.0197. The zero-order chi connectivity index (χ0) is 52.7. The number of aliphatic hydroxyl groups excluding tert-OH is 1. The molecule has 3 atom stereocenters. The van der Waals surface area contributed by atoms with Gasteiger partial charge in [0.1, 0.15) is 12.7 Å². The molecule has 0 spiro atoms. The molecule has 418 valence electrons. The van der Waals surface area contributed by atoms with E-state index in [9.17, 15) is 28.9 Å². The van der Waals surface area contributed by atoms with Gasteiger partial charge in [0.05, 0.1) is 26.2 Å². The number of hydrogen-bond donors (Lipinski definition) is 2. The Hall–Kier alpha value is -2.82. The molecule has 0 amide bonds. The van der Waals surface area contributed by atoms with Crippen molar-refractivity contribution < 1.29 is 52.2 Å². The summed E-state index contributed by atoms with van der Waals surface area (Å²) in [5.41, 5.74) is 0. The molecule has 2 N–H and O–H groups in total. The van der Waals surface area contributed by atoms with Crippen LogP contribution in [0.5, 0.6) is 0 Å². The van der Waals surface area contributed by atoms with Crippen LogP contribution in [0.3, 0.4) is 0 Å². The van der Waals surface area contributed by atoms with Crippen molar-refractivity contribution in [2.45, 2.75) is 277 Å². The number of carbonyl (C=O) groups is 3. The second-order valence-corrected chi connectivity index (χ2v) is 20.9. The summed E-state index contributed by atoms with van der Waals surface area (Å²) in [7, 11) is -4.76. The van der Waals surface area contributed by atoms with Gasteiger partial charge >= 0.3 is 25.7 Å². The van der Waals surface area contributed by atoms with Gasteiger partial charge in [0.15, 0.2) is 6.10 Å². The summed E-state index contributed by atoms with van der Waals surface area (Å²) in [6.07, 6.45) is 59.3. The fourth-order valence-corrected chi connectivity index (χ4v) is 8.86. The summed E-state index contributed by atoms with van der Waals surface area (Å²) in [6, 6.07) is 0. The van der Waals surface area contributed by atoms with Crippen LogP contribution in [-0.2, 0) is 42.2 Å². The maximum Gasteiger partial charge on any atom is 0.472 e. The number of carbonyl (C=O) groups excluding carboxylic acids is 3. The first-order chi connectivity index (χ1) is 35.2. The van der Waals surface area contributed by atoms with E-state index in [1.165, 1.54) is 141 Å². The monoisotopic (exact) mass is 1030 g/mol. The molecule has 11 nitrogen and oxygen atoms in total. The van der Waals surface area contributed by atoms with Crippen LogP contribution in [0.1, 0.15) is 265 Å². The van der Waals surface area contributed by atoms with Crippen LogP contribution in [0.15, 0.2) is 60.8 Å². The van der Waals surface area contributed by atoms with Crippen LogP contribution < -0.4 is 0 Å². The summed E-state index contributed by atoms with van der Waals surface area (Å²) in [6.45, 7) is 4.44. The lowest BCUT2D eigenvalue weighted by molar-refractivity contribution is -0.161. The van der Waals surface area contributed by atoms with Gasteiger partial charge in [-0.1, -0.05) is 261 Å². The first-order valence-corrected chi connectivity index (χ1v) is 30.7. The predicted molar refractivity (Wildman–Crippen MR) is 298 cm³/mol. The molecule has 0 radical (unpaired) electrons. The first-order valence-electron chi connectivity index (χ1n) is 29.2. The van der Waals surface area contributed by atoms with E-state index < -0.39 is 57.8 Å². The maximum atomic E-state index is 12.9. The third-order valence-electron chi connectivity index (χ3n) is 12.5. The van der Waals surface area contributed by atoms with Gasteiger partial charge in [-0.25, -0.2) is 4.57 Å². The molecular weight excluding hydrogens is 928 g/mol. The average molecular weight is 1040 g/mol. The van der Waals surface area contributed by atoms with Crippen molar-refractivity contribution in [3.63, 3.8) is 0 Å². The van der Waals surface area contributed by atoms with Gasteiger partial charge in [-0.15, -0.1) is 0 Å². The van der Waals surface area contributed by atoms with E-state index in [4.69, 9.17) is 23.3 Å². The van der Waals surface area contributed by atoms with E-state index in [1.807, 2.05) is 12.2 Å². The molecule has 72 heavy (non-hydrogen) atoms. The van der Waals surface area contributed by atoms with E-state index in [2.05, 4.69) is 63.3 Å². The van der Waals surface area contributed by atoms with Crippen LogP contribution in [0.4, 0.5) is 0 Å². The largest absolute Gasteiger partial charge is 0.472 e. The summed E-state index contributed by atoms with van der Waals surface area (Å²) >= 11 is 0. The zero-order valence-electron chi connectivity index (χ0n) is 46.1. The predicted octanol–water partition coefficient (Wildman–Crippen LogP) is 17.1. The van der Waals surface area contributed by atoms with Crippen molar-refractivity contribution in [3.8, 4) is 0 Å². The molecule has 0 fully saturated rings. The van der Waals surface area contributed by atoms with Crippen molar-refractivity contribution in [3.05, 3.63) is 60.8 Å². The maximum absolute atomic E-state index is 12.9.